The van der Waals surface area contributed by atoms with Crippen molar-refractivity contribution in [3.8, 4) is 0 Å². The molecule has 1 fully saturated rings. The Morgan fingerprint density at radius 2 is 1.59 bits per heavy atom. The lowest BCUT2D eigenvalue weighted by atomic mass is 10.1. The van der Waals surface area contributed by atoms with Crippen molar-refractivity contribution >= 4 is 33.2 Å². The molecule has 1 saturated heterocycles. The van der Waals surface area contributed by atoms with E-state index in [2.05, 4.69) is 73.5 Å². The zero-order valence-corrected chi connectivity index (χ0v) is 17.8. The van der Waals surface area contributed by atoms with Crippen LogP contribution in [0.4, 0.5) is 11.4 Å². The Bertz CT molecular complexity index is 951. The van der Waals surface area contributed by atoms with Crippen LogP contribution in [0, 0.1) is 0 Å². The minimum atomic E-state index is -0.0916. The Labute approximate surface area is 180 Å². The highest BCUT2D eigenvalue weighted by Crippen LogP contribution is 2.18. The van der Waals surface area contributed by atoms with Gasteiger partial charge in [0.2, 0.25) is 0 Å². The van der Waals surface area contributed by atoms with Crippen molar-refractivity contribution in [1.82, 2.24) is 4.90 Å². The number of nitrogens with one attached hydrogen (secondary N) is 1. The molecule has 0 bridgehead atoms. The molecule has 1 aliphatic heterocycles. The molecular formula is C24H24BrN3O. The van der Waals surface area contributed by atoms with Crippen LogP contribution in [-0.2, 0) is 6.54 Å². The van der Waals surface area contributed by atoms with Crippen molar-refractivity contribution in [3.05, 3.63) is 94.5 Å². The second-order valence-electron chi connectivity index (χ2n) is 7.26. The molecule has 3 aromatic carbocycles. The minimum Gasteiger partial charge on any atom is -0.369 e. The number of hydrogen-bond acceptors (Lipinski definition) is 3. The van der Waals surface area contributed by atoms with Gasteiger partial charge in [0, 0.05) is 54.1 Å². The normalized spacial score (nSPS) is 14.6. The number of anilines is 2. The third kappa shape index (κ3) is 5.25. The van der Waals surface area contributed by atoms with Crippen LogP contribution in [0.1, 0.15) is 15.9 Å². The number of para-hydroxylation sites is 1. The largest absolute Gasteiger partial charge is 0.369 e. The standard InChI is InChI=1S/C24H24BrN3O/c25-21-5-4-6-22(17-21)26-24(29)20-11-9-19(10-12-20)18-27-13-15-28(16-14-27)23-7-2-1-3-8-23/h1-12,17H,13-16,18H2,(H,26,29). The molecule has 1 aliphatic rings. The van der Waals surface area contributed by atoms with Gasteiger partial charge in [0.15, 0.2) is 0 Å². The molecule has 0 atom stereocenters. The fourth-order valence-electron chi connectivity index (χ4n) is 3.59. The molecule has 3 aromatic rings. The van der Waals surface area contributed by atoms with Gasteiger partial charge in [0.25, 0.3) is 5.91 Å². The van der Waals surface area contributed by atoms with Gasteiger partial charge >= 0.3 is 0 Å². The minimum absolute atomic E-state index is 0.0916. The molecule has 1 amide bonds. The lowest BCUT2D eigenvalue weighted by molar-refractivity contribution is 0.102. The van der Waals surface area contributed by atoms with E-state index in [1.165, 1.54) is 11.3 Å². The summed E-state index contributed by atoms with van der Waals surface area (Å²) in [5.74, 6) is -0.0916. The van der Waals surface area contributed by atoms with E-state index in [1.807, 2.05) is 36.4 Å². The molecule has 0 unspecified atom stereocenters. The Balaban J connectivity index is 1.30. The van der Waals surface area contributed by atoms with E-state index in [4.69, 9.17) is 0 Å². The first-order chi connectivity index (χ1) is 14.2. The summed E-state index contributed by atoms with van der Waals surface area (Å²) in [6.45, 7) is 5.07. The van der Waals surface area contributed by atoms with Gasteiger partial charge < -0.3 is 10.2 Å². The van der Waals surface area contributed by atoms with E-state index < -0.39 is 0 Å². The van der Waals surface area contributed by atoms with Crippen LogP contribution in [0.15, 0.2) is 83.3 Å². The van der Waals surface area contributed by atoms with Crippen molar-refractivity contribution in [1.29, 1.82) is 0 Å². The van der Waals surface area contributed by atoms with Crippen LogP contribution in [-0.4, -0.2) is 37.0 Å². The van der Waals surface area contributed by atoms with Crippen molar-refractivity contribution in [2.75, 3.05) is 36.4 Å². The highest BCUT2D eigenvalue weighted by Gasteiger charge is 2.17. The average Bonchev–Trinajstić information content (AvgIpc) is 2.75. The predicted molar refractivity (Wildman–Crippen MR) is 122 cm³/mol. The number of amides is 1. The van der Waals surface area contributed by atoms with Crippen molar-refractivity contribution < 1.29 is 4.79 Å². The average molecular weight is 450 g/mol. The number of nitrogens with zero attached hydrogens (tertiary/aromatic N) is 2. The second kappa shape index (κ2) is 9.25. The topological polar surface area (TPSA) is 35.6 Å². The van der Waals surface area contributed by atoms with Gasteiger partial charge in [-0.25, -0.2) is 0 Å². The molecule has 1 N–H and O–H groups in total. The van der Waals surface area contributed by atoms with Crippen molar-refractivity contribution in [2.24, 2.45) is 0 Å². The van der Waals surface area contributed by atoms with Gasteiger partial charge in [0.1, 0.15) is 0 Å². The zero-order valence-electron chi connectivity index (χ0n) is 16.2. The maximum atomic E-state index is 12.5. The van der Waals surface area contributed by atoms with Gasteiger partial charge in [-0.3, -0.25) is 9.69 Å². The molecule has 4 rings (SSSR count). The maximum Gasteiger partial charge on any atom is 0.255 e. The molecule has 5 heteroatoms. The third-order valence-corrected chi connectivity index (χ3v) is 5.69. The fraction of sp³-hybridized carbons (Fsp3) is 0.208. The van der Waals surface area contributed by atoms with Crippen molar-refractivity contribution in [3.63, 3.8) is 0 Å². The van der Waals surface area contributed by atoms with Crippen LogP contribution in [0.2, 0.25) is 0 Å². The molecule has 0 spiro atoms. The maximum absolute atomic E-state index is 12.5. The van der Waals surface area contributed by atoms with E-state index in [0.717, 1.165) is 42.9 Å². The van der Waals surface area contributed by atoms with Gasteiger partial charge in [-0.2, -0.15) is 0 Å². The Morgan fingerprint density at radius 1 is 0.862 bits per heavy atom. The summed E-state index contributed by atoms with van der Waals surface area (Å²) in [5.41, 5.74) is 3.98. The van der Waals surface area contributed by atoms with Crippen LogP contribution in [0.25, 0.3) is 0 Å². The monoisotopic (exact) mass is 449 g/mol. The van der Waals surface area contributed by atoms with Crippen LogP contribution in [0.5, 0.6) is 0 Å². The zero-order chi connectivity index (χ0) is 20.1. The summed E-state index contributed by atoms with van der Waals surface area (Å²) in [6.07, 6.45) is 0. The quantitative estimate of drug-likeness (QED) is 0.593. The van der Waals surface area contributed by atoms with Gasteiger partial charge in [-0.05, 0) is 48.0 Å². The van der Waals surface area contributed by atoms with Crippen LogP contribution >= 0.6 is 15.9 Å². The first-order valence-corrected chi connectivity index (χ1v) is 10.6. The Kier molecular flexibility index (Phi) is 6.27. The van der Waals surface area contributed by atoms with Crippen molar-refractivity contribution in [2.45, 2.75) is 6.54 Å². The molecule has 29 heavy (non-hydrogen) atoms. The summed E-state index contributed by atoms with van der Waals surface area (Å²) in [4.78, 5) is 17.4. The molecule has 148 valence electrons. The number of benzene rings is 3. The molecule has 0 radical (unpaired) electrons. The smallest absolute Gasteiger partial charge is 0.255 e. The van der Waals surface area contributed by atoms with Gasteiger partial charge in [-0.15, -0.1) is 0 Å². The highest BCUT2D eigenvalue weighted by atomic mass is 79.9. The molecule has 4 nitrogen and oxygen atoms in total. The van der Waals surface area contributed by atoms with Crippen LogP contribution < -0.4 is 10.2 Å². The summed E-state index contributed by atoms with van der Waals surface area (Å²) >= 11 is 3.42. The fourth-order valence-corrected chi connectivity index (χ4v) is 3.99. The number of carbonyl (C=O) groups excluding carboxylic acids is 1. The summed E-state index contributed by atoms with van der Waals surface area (Å²) < 4.78 is 0.943. The third-order valence-electron chi connectivity index (χ3n) is 5.20. The highest BCUT2D eigenvalue weighted by molar-refractivity contribution is 9.10. The molecule has 0 aromatic heterocycles. The number of halogens is 1. The van der Waals surface area contributed by atoms with E-state index in [1.54, 1.807) is 0 Å². The first kappa shape index (κ1) is 19.7. The number of hydrogen-bond donors (Lipinski definition) is 1. The van der Waals surface area contributed by atoms with E-state index in [0.29, 0.717) is 5.56 Å². The molecular weight excluding hydrogens is 426 g/mol. The SMILES string of the molecule is O=C(Nc1cccc(Br)c1)c1ccc(CN2CCN(c3ccccc3)CC2)cc1. The van der Waals surface area contributed by atoms with Gasteiger partial charge in [-0.1, -0.05) is 52.3 Å². The number of piperazine rings is 1. The number of carbonyl (C=O) groups is 1. The van der Waals surface area contributed by atoms with Crippen LogP contribution in [0.3, 0.4) is 0 Å². The first-order valence-electron chi connectivity index (χ1n) is 9.85. The summed E-state index contributed by atoms with van der Waals surface area (Å²) in [5, 5.41) is 2.94. The Hall–Kier alpha value is -2.63. The molecule has 1 heterocycles. The predicted octanol–water partition coefficient (Wildman–Crippen LogP) is 5.02. The lowest BCUT2D eigenvalue weighted by Crippen LogP contribution is -2.45. The summed E-state index contributed by atoms with van der Waals surface area (Å²) in [7, 11) is 0. The second-order valence-corrected chi connectivity index (χ2v) is 8.18. The number of rotatable bonds is 5. The van der Waals surface area contributed by atoms with E-state index >= 15 is 0 Å². The Morgan fingerprint density at radius 3 is 2.28 bits per heavy atom. The van der Waals surface area contributed by atoms with Gasteiger partial charge in [0.05, 0.1) is 0 Å². The lowest BCUT2D eigenvalue weighted by Gasteiger charge is -2.36. The molecule has 0 aliphatic carbocycles. The summed E-state index contributed by atoms with van der Waals surface area (Å²) in [6, 6.07) is 26.1. The van der Waals surface area contributed by atoms with E-state index in [-0.39, 0.29) is 5.91 Å². The molecule has 0 saturated carbocycles. The van der Waals surface area contributed by atoms with E-state index in [9.17, 15) is 4.79 Å².